The standard InChI is InChI=1S/C18H15BrN4O2/c1-2-22-17(24)14-5-3-4-6-15(14)23-16(20-21-18(22)23)11-25-13-9-7-12(19)8-10-13/h3-10H,2,11H2,1H3. The van der Waals surface area contributed by atoms with E-state index in [1.807, 2.05) is 59.9 Å². The molecule has 4 aromatic rings. The molecule has 0 saturated heterocycles. The Hall–Kier alpha value is -2.67. The van der Waals surface area contributed by atoms with Crippen molar-refractivity contribution in [2.45, 2.75) is 20.1 Å². The number of hydrogen-bond acceptors (Lipinski definition) is 4. The number of aryl methyl sites for hydroxylation is 1. The summed E-state index contributed by atoms with van der Waals surface area (Å²) in [5, 5.41) is 9.10. The molecule has 7 heteroatoms. The van der Waals surface area contributed by atoms with Crippen molar-refractivity contribution < 1.29 is 4.74 Å². The van der Waals surface area contributed by atoms with E-state index in [0.29, 0.717) is 23.5 Å². The van der Waals surface area contributed by atoms with Crippen molar-refractivity contribution >= 4 is 32.6 Å². The minimum absolute atomic E-state index is 0.0571. The minimum Gasteiger partial charge on any atom is -0.486 e. The van der Waals surface area contributed by atoms with Crippen molar-refractivity contribution in [3.63, 3.8) is 0 Å². The summed E-state index contributed by atoms with van der Waals surface area (Å²) in [4.78, 5) is 12.6. The summed E-state index contributed by atoms with van der Waals surface area (Å²) in [6.45, 7) is 2.70. The lowest BCUT2D eigenvalue weighted by molar-refractivity contribution is 0.295. The Bertz CT molecular complexity index is 1120. The average Bonchev–Trinajstić information content (AvgIpc) is 3.06. The van der Waals surface area contributed by atoms with Gasteiger partial charge in [-0.05, 0) is 43.3 Å². The molecule has 0 aliphatic heterocycles. The number of ether oxygens (including phenoxy) is 1. The normalized spacial score (nSPS) is 11.3. The first kappa shape index (κ1) is 15.8. The molecule has 25 heavy (non-hydrogen) atoms. The Morgan fingerprint density at radius 1 is 1.08 bits per heavy atom. The molecule has 0 bridgehead atoms. The van der Waals surface area contributed by atoms with Gasteiger partial charge >= 0.3 is 0 Å². The average molecular weight is 399 g/mol. The Labute approximate surface area is 151 Å². The van der Waals surface area contributed by atoms with Crippen LogP contribution < -0.4 is 10.3 Å². The third-order valence-corrected chi connectivity index (χ3v) is 4.60. The van der Waals surface area contributed by atoms with Crippen molar-refractivity contribution in [1.29, 1.82) is 0 Å². The molecule has 0 unspecified atom stereocenters. The molecule has 4 rings (SSSR count). The van der Waals surface area contributed by atoms with Gasteiger partial charge in [0.25, 0.3) is 5.56 Å². The van der Waals surface area contributed by atoms with Gasteiger partial charge in [-0.3, -0.25) is 13.8 Å². The van der Waals surface area contributed by atoms with Crippen LogP contribution in [-0.4, -0.2) is 19.2 Å². The van der Waals surface area contributed by atoms with Crippen molar-refractivity contribution in [2.24, 2.45) is 0 Å². The highest BCUT2D eigenvalue weighted by atomic mass is 79.9. The number of hydrogen-bond donors (Lipinski definition) is 0. The summed E-state index contributed by atoms with van der Waals surface area (Å²) in [5.74, 6) is 1.92. The quantitative estimate of drug-likeness (QED) is 0.528. The molecule has 0 N–H and O–H groups in total. The van der Waals surface area contributed by atoms with Crippen LogP contribution in [0, 0.1) is 0 Å². The zero-order valence-corrected chi connectivity index (χ0v) is 15.1. The largest absolute Gasteiger partial charge is 0.486 e. The van der Waals surface area contributed by atoms with E-state index >= 15 is 0 Å². The number of fused-ring (bicyclic) bond motifs is 3. The van der Waals surface area contributed by atoms with Crippen LogP contribution in [0.3, 0.4) is 0 Å². The van der Waals surface area contributed by atoms with Crippen LogP contribution in [0.5, 0.6) is 5.75 Å². The van der Waals surface area contributed by atoms with E-state index < -0.39 is 0 Å². The van der Waals surface area contributed by atoms with E-state index in [4.69, 9.17) is 4.74 Å². The van der Waals surface area contributed by atoms with Crippen molar-refractivity contribution in [2.75, 3.05) is 0 Å². The second-order valence-corrected chi connectivity index (χ2v) is 6.48. The fourth-order valence-corrected chi connectivity index (χ4v) is 3.14. The van der Waals surface area contributed by atoms with Gasteiger partial charge < -0.3 is 4.74 Å². The molecule has 6 nitrogen and oxygen atoms in total. The van der Waals surface area contributed by atoms with E-state index in [-0.39, 0.29) is 12.2 Å². The molecule has 0 saturated carbocycles. The molecule has 126 valence electrons. The van der Waals surface area contributed by atoms with Gasteiger partial charge in [-0.15, -0.1) is 10.2 Å². The summed E-state index contributed by atoms with van der Waals surface area (Å²) in [6.07, 6.45) is 0. The lowest BCUT2D eigenvalue weighted by Crippen LogP contribution is -2.22. The molecule has 0 aliphatic carbocycles. The predicted octanol–water partition coefficient (Wildman–Crippen LogP) is 3.41. The predicted molar refractivity (Wildman–Crippen MR) is 98.9 cm³/mol. The highest BCUT2D eigenvalue weighted by Crippen LogP contribution is 2.19. The summed E-state index contributed by atoms with van der Waals surface area (Å²) >= 11 is 3.40. The van der Waals surface area contributed by atoms with Crippen LogP contribution in [0.4, 0.5) is 0 Å². The molecule has 2 heterocycles. The highest BCUT2D eigenvalue weighted by molar-refractivity contribution is 9.10. The van der Waals surface area contributed by atoms with Crippen LogP contribution in [0.25, 0.3) is 16.7 Å². The van der Waals surface area contributed by atoms with Gasteiger partial charge in [-0.1, -0.05) is 28.1 Å². The molecular formula is C18H15BrN4O2. The Morgan fingerprint density at radius 3 is 2.60 bits per heavy atom. The van der Waals surface area contributed by atoms with Gasteiger partial charge in [0.05, 0.1) is 10.9 Å². The Morgan fingerprint density at radius 2 is 1.84 bits per heavy atom. The van der Waals surface area contributed by atoms with Crippen molar-refractivity contribution in [1.82, 2.24) is 19.2 Å². The van der Waals surface area contributed by atoms with Crippen LogP contribution >= 0.6 is 15.9 Å². The monoisotopic (exact) mass is 398 g/mol. The van der Waals surface area contributed by atoms with Gasteiger partial charge in [0.1, 0.15) is 12.4 Å². The second kappa shape index (κ2) is 6.33. The summed E-state index contributed by atoms with van der Waals surface area (Å²) in [7, 11) is 0. The molecule has 0 spiro atoms. The maximum Gasteiger partial charge on any atom is 0.262 e. The second-order valence-electron chi connectivity index (χ2n) is 5.56. The van der Waals surface area contributed by atoms with E-state index in [1.54, 1.807) is 4.57 Å². The molecule has 0 amide bonds. The SMILES string of the molecule is CCn1c(=O)c2ccccc2n2c(COc3ccc(Br)cc3)nnc12. The van der Waals surface area contributed by atoms with Crippen molar-refractivity contribution in [3.8, 4) is 5.75 Å². The first-order chi connectivity index (χ1) is 12.2. The smallest absolute Gasteiger partial charge is 0.262 e. The fourth-order valence-electron chi connectivity index (χ4n) is 2.87. The first-order valence-electron chi connectivity index (χ1n) is 7.93. The maximum absolute atomic E-state index is 12.6. The lowest BCUT2D eigenvalue weighted by Gasteiger charge is -2.10. The summed E-state index contributed by atoms with van der Waals surface area (Å²) < 4.78 is 10.3. The van der Waals surface area contributed by atoms with Gasteiger partial charge in [0, 0.05) is 11.0 Å². The number of benzene rings is 2. The zero-order valence-electron chi connectivity index (χ0n) is 13.5. The first-order valence-corrected chi connectivity index (χ1v) is 8.72. The Kier molecular flexibility index (Phi) is 4.01. The van der Waals surface area contributed by atoms with Crippen LogP contribution in [0.15, 0.2) is 57.8 Å². The topological polar surface area (TPSA) is 61.4 Å². The number of nitrogens with zero attached hydrogens (tertiary/aromatic N) is 4. The number of para-hydroxylation sites is 1. The van der Waals surface area contributed by atoms with Gasteiger partial charge in [-0.2, -0.15) is 0 Å². The molecule has 2 aromatic carbocycles. The van der Waals surface area contributed by atoms with Crippen LogP contribution in [0.1, 0.15) is 12.7 Å². The molecular weight excluding hydrogens is 384 g/mol. The molecule has 0 aliphatic rings. The summed E-state index contributed by atoms with van der Waals surface area (Å²) in [5.41, 5.74) is 0.727. The third kappa shape index (κ3) is 2.70. The van der Waals surface area contributed by atoms with Crippen molar-refractivity contribution in [3.05, 3.63) is 69.2 Å². The molecule has 0 atom stereocenters. The highest BCUT2D eigenvalue weighted by Gasteiger charge is 2.15. The Balaban J connectivity index is 1.84. The molecule has 0 fully saturated rings. The molecule has 2 aromatic heterocycles. The maximum atomic E-state index is 12.6. The van der Waals surface area contributed by atoms with E-state index in [9.17, 15) is 4.79 Å². The number of aromatic nitrogens is 4. The third-order valence-electron chi connectivity index (χ3n) is 4.07. The van der Waals surface area contributed by atoms with E-state index in [1.165, 1.54) is 0 Å². The van der Waals surface area contributed by atoms with E-state index in [0.717, 1.165) is 15.7 Å². The zero-order chi connectivity index (χ0) is 17.4. The fraction of sp³-hybridized carbons (Fsp3) is 0.167. The minimum atomic E-state index is -0.0571. The summed E-state index contributed by atoms with van der Waals surface area (Å²) in [6, 6.07) is 15.1. The van der Waals surface area contributed by atoms with Gasteiger partial charge in [0.2, 0.25) is 5.78 Å². The number of halogens is 1. The molecule has 0 radical (unpaired) electrons. The number of rotatable bonds is 4. The van der Waals surface area contributed by atoms with Crippen LogP contribution in [-0.2, 0) is 13.2 Å². The van der Waals surface area contributed by atoms with E-state index in [2.05, 4.69) is 26.1 Å². The van der Waals surface area contributed by atoms with Crippen LogP contribution in [0.2, 0.25) is 0 Å². The van der Waals surface area contributed by atoms with Gasteiger partial charge in [-0.25, -0.2) is 0 Å². The van der Waals surface area contributed by atoms with Gasteiger partial charge in [0.15, 0.2) is 5.82 Å². The lowest BCUT2D eigenvalue weighted by atomic mass is 10.2.